The molecule has 0 bridgehead atoms. The van der Waals surface area contributed by atoms with Gasteiger partial charge in [-0.2, -0.15) is 11.8 Å². The van der Waals surface area contributed by atoms with Gasteiger partial charge in [0.05, 0.1) is 21.4 Å². The minimum atomic E-state index is -0.447. The summed E-state index contributed by atoms with van der Waals surface area (Å²) in [6, 6.07) is 3.27. The quantitative estimate of drug-likeness (QED) is 0.482. The molecule has 0 fully saturated rings. The fraction of sp³-hybridized carbons (Fsp3) is 0.533. The molecule has 21 heavy (non-hydrogen) atoms. The van der Waals surface area contributed by atoms with Crippen LogP contribution in [0.25, 0.3) is 11.0 Å². The maximum Gasteiger partial charge on any atom is 0.144 e. The number of imidazole rings is 1. The molecule has 1 aromatic heterocycles. The van der Waals surface area contributed by atoms with Crippen molar-refractivity contribution in [3.05, 3.63) is 28.8 Å². The maximum absolute atomic E-state index is 13.6. The molecule has 0 amide bonds. The van der Waals surface area contributed by atoms with Gasteiger partial charge in [0.25, 0.3) is 0 Å². The Labute approximate surface area is 139 Å². The van der Waals surface area contributed by atoms with Gasteiger partial charge in [0.15, 0.2) is 0 Å². The van der Waals surface area contributed by atoms with Gasteiger partial charge in [-0.1, -0.05) is 18.5 Å². The minimum Gasteiger partial charge on any atom is -0.324 e. The van der Waals surface area contributed by atoms with E-state index in [0.717, 1.165) is 29.3 Å². The van der Waals surface area contributed by atoms with Crippen LogP contribution in [0, 0.1) is 5.82 Å². The summed E-state index contributed by atoms with van der Waals surface area (Å²) in [7, 11) is 0. The lowest BCUT2D eigenvalue weighted by Gasteiger charge is -2.18. The largest absolute Gasteiger partial charge is 0.324 e. The van der Waals surface area contributed by atoms with E-state index in [1.165, 1.54) is 6.07 Å². The first-order valence-electron chi connectivity index (χ1n) is 7.04. The maximum atomic E-state index is 13.6. The number of benzene rings is 1. The lowest BCUT2D eigenvalue weighted by atomic mass is 10.2. The molecule has 116 valence electrons. The highest BCUT2D eigenvalue weighted by molar-refractivity contribution is 7.99. The van der Waals surface area contributed by atoms with E-state index >= 15 is 0 Å². The summed E-state index contributed by atoms with van der Waals surface area (Å²) >= 11 is 14.1. The second kappa shape index (κ2) is 7.21. The Morgan fingerprint density at radius 2 is 2.10 bits per heavy atom. The number of rotatable bonds is 6. The van der Waals surface area contributed by atoms with Crippen molar-refractivity contribution >= 4 is 46.0 Å². The van der Waals surface area contributed by atoms with E-state index in [0.29, 0.717) is 5.52 Å². The predicted molar refractivity (Wildman–Crippen MR) is 91.3 cm³/mol. The summed E-state index contributed by atoms with van der Waals surface area (Å²) in [4.78, 5) is 4.49. The van der Waals surface area contributed by atoms with Crippen LogP contribution in [-0.4, -0.2) is 21.1 Å². The van der Waals surface area contributed by atoms with Crippen molar-refractivity contribution in [3.63, 3.8) is 0 Å². The number of hydrogen-bond donors (Lipinski definition) is 0. The number of hydrogen-bond acceptors (Lipinski definition) is 2. The smallest absolute Gasteiger partial charge is 0.144 e. The van der Waals surface area contributed by atoms with Crippen LogP contribution in [0.3, 0.4) is 0 Å². The Bertz CT molecular complexity index is 628. The highest BCUT2D eigenvalue weighted by atomic mass is 35.5. The summed E-state index contributed by atoms with van der Waals surface area (Å²) in [6.07, 6.45) is 1.01. The Hall–Kier alpha value is -0.450. The summed E-state index contributed by atoms with van der Waals surface area (Å²) in [6.45, 7) is 6.17. The lowest BCUT2D eigenvalue weighted by Crippen LogP contribution is -2.11. The van der Waals surface area contributed by atoms with Crippen LogP contribution in [0.15, 0.2) is 12.1 Å². The van der Waals surface area contributed by atoms with Gasteiger partial charge >= 0.3 is 0 Å². The third-order valence-electron chi connectivity index (χ3n) is 3.44. The first-order valence-corrected chi connectivity index (χ1v) is 9.01. The van der Waals surface area contributed by atoms with Gasteiger partial charge in [0.2, 0.25) is 0 Å². The Kier molecular flexibility index (Phi) is 5.81. The number of nitrogens with zero attached hydrogens (tertiary/aromatic N) is 2. The summed E-state index contributed by atoms with van der Waals surface area (Å²) in [5.74, 6) is 2.49. The summed E-state index contributed by atoms with van der Waals surface area (Å²) < 4.78 is 15.7. The topological polar surface area (TPSA) is 17.8 Å². The Balaban J connectivity index is 2.47. The van der Waals surface area contributed by atoms with Gasteiger partial charge in [-0.15, -0.1) is 11.6 Å². The number of aromatic nitrogens is 2. The van der Waals surface area contributed by atoms with Crippen molar-refractivity contribution in [2.24, 2.45) is 0 Å². The molecule has 2 aromatic rings. The first kappa shape index (κ1) is 16.9. The molecule has 0 N–H and O–H groups in total. The van der Waals surface area contributed by atoms with Crippen molar-refractivity contribution in [2.45, 2.75) is 38.6 Å². The lowest BCUT2D eigenvalue weighted by molar-refractivity contribution is 0.525. The van der Waals surface area contributed by atoms with Crippen LogP contribution in [-0.2, 0) is 0 Å². The van der Waals surface area contributed by atoms with Gasteiger partial charge in [0, 0.05) is 12.1 Å². The number of fused-ring (bicyclic) bond motifs is 1. The van der Waals surface area contributed by atoms with E-state index in [1.54, 1.807) is 6.07 Å². The first-order chi connectivity index (χ1) is 9.95. The fourth-order valence-electron chi connectivity index (χ4n) is 2.38. The Morgan fingerprint density at radius 1 is 1.38 bits per heavy atom. The van der Waals surface area contributed by atoms with E-state index in [9.17, 15) is 4.39 Å². The molecule has 0 spiro atoms. The van der Waals surface area contributed by atoms with E-state index in [4.69, 9.17) is 23.2 Å². The van der Waals surface area contributed by atoms with E-state index in [-0.39, 0.29) is 16.4 Å². The zero-order valence-corrected chi connectivity index (χ0v) is 14.7. The molecule has 1 aromatic carbocycles. The van der Waals surface area contributed by atoms with Crippen molar-refractivity contribution < 1.29 is 4.39 Å². The number of alkyl halides is 1. The van der Waals surface area contributed by atoms with Crippen molar-refractivity contribution in [3.8, 4) is 0 Å². The van der Waals surface area contributed by atoms with Crippen molar-refractivity contribution in [1.29, 1.82) is 0 Å². The minimum absolute atomic E-state index is 0.118. The highest BCUT2D eigenvalue weighted by Gasteiger charge is 2.20. The zero-order valence-electron chi connectivity index (χ0n) is 12.4. The molecular formula is C15H19Cl2FN2S. The summed E-state index contributed by atoms with van der Waals surface area (Å²) in [5, 5.41) is -0.118. The Morgan fingerprint density at radius 3 is 2.71 bits per heavy atom. The van der Waals surface area contributed by atoms with Gasteiger partial charge in [0.1, 0.15) is 11.6 Å². The molecule has 0 aliphatic rings. The van der Waals surface area contributed by atoms with Gasteiger partial charge < -0.3 is 4.57 Å². The molecule has 0 aliphatic heterocycles. The van der Waals surface area contributed by atoms with Gasteiger partial charge in [-0.05, 0) is 37.8 Å². The molecule has 6 heteroatoms. The van der Waals surface area contributed by atoms with E-state index < -0.39 is 5.82 Å². The van der Waals surface area contributed by atoms with Crippen LogP contribution >= 0.6 is 35.0 Å². The average molecular weight is 349 g/mol. The molecule has 2 nitrogen and oxygen atoms in total. The van der Waals surface area contributed by atoms with Gasteiger partial charge in [-0.3, -0.25) is 0 Å². The molecule has 0 saturated heterocycles. The molecule has 1 heterocycles. The molecule has 0 saturated carbocycles. The third-order valence-corrected chi connectivity index (χ3v) is 4.86. The SMILES string of the molecule is CCSCCC(C)n1c(C(C)Cl)nc2cc(F)c(Cl)cc21. The highest BCUT2D eigenvalue weighted by Crippen LogP contribution is 2.32. The molecule has 2 atom stereocenters. The van der Waals surface area contributed by atoms with Crippen LogP contribution in [0.5, 0.6) is 0 Å². The summed E-state index contributed by atoms with van der Waals surface area (Å²) in [5.41, 5.74) is 1.45. The molecular weight excluding hydrogens is 330 g/mol. The van der Waals surface area contributed by atoms with Crippen LogP contribution in [0.4, 0.5) is 4.39 Å². The monoisotopic (exact) mass is 348 g/mol. The van der Waals surface area contributed by atoms with Gasteiger partial charge in [-0.25, -0.2) is 9.37 Å². The van der Waals surface area contributed by atoms with E-state index in [2.05, 4.69) is 23.4 Å². The normalized spacial score (nSPS) is 14.6. The van der Waals surface area contributed by atoms with E-state index in [1.807, 2.05) is 18.7 Å². The third kappa shape index (κ3) is 3.66. The second-order valence-electron chi connectivity index (χ2n) is 5.05. The van der Waals surface area contributed by atoms with Crippen molar-refractivity contribution in [2.75, 3.05) is 11.5 Å². The van der Waals surface area contributed by atoms with Crippen molar-refractivity contribution in [1.82, 2.24) is 9.55 Å². The zero-order chi connectivity index (χ0) is 15.6. The molecule has 0 radical (unpaired) electrons. The number of thioether (sulfide) groups is 1. The number of halogens is 3. The molecule has 0 aliphatic carbocycles. The predicted octanol–water partition coefficient (Wildman–Crippen LogP) is 5.83. The van der Waals surface area contributed by atoms with Crippen LogP contribution in [0.2, 0.25) is 5.02 Å². The molecule has 2 rings (SSSR count). The van der Waals surface area contributed by atoms with Crippen LogP contribution in [0.1, 0.15) is 44.4 Å². The van der Waals surface area contributed by atoms with Crippen LogP contribution < -0.4 is 0 Å². The average Bonchev–Trinajstić information content (AvgIpc) is 2.78. The standard InChI is InChI=1S/C15H19Cl2FN2S/c1-4-21-6-5-9(2)20-14-7-11(17)12(18)8-13(14)19-15(20)10(3)16/h7-10H,4-6H2,1-3H3. The molecule has 2 unspecified atom stereocenters. The fourth-order valence-corrected chi connectivity index (χ4v) is 3.49. The second-order valence-corrected chi connectivity index (χ2v) is 7.50.